The molecule has 1 atom stereocenters. The van der Waals surface area contributed by atoms with Gasteiger partial charge in [0.15, 0.2) is 0 Å². The summed E-state index contributed by atoms with van der Waals surface area (Å²) in [6.45, 7) is 6.34. The fourth-order valence-electron chi connectivity index (χ4n) is 2.76. The molecule has 0 bridgehead atoms. The summed E-state index contributed by atoms with van der Waals surface area (Å²) in [5.41, 5.74) is 1.22. The summed E-state index contributed by atoms with van der Waals surface area (Å²) in [6, 6.07) is 10.3. The minimum Gasteiger partial charge on any atom is -0.371 e. The maximum atomic E-state index is 11.4. The van der Waals surface area contributed by atoms with Crippen LogP contribution in [-0.2, 0) is 14.3 Å². The van der Waals surface area contributed by atoms with Gasteiger partial charge in [-0.3, -0.25) is 14.5 Å². The molecule has 132 valence electrons. The molecule has 2 amide bonds. The molecule has 24 heavy (non-hydrogen) atoms. The van der Waals surface area contributed by atoms with E-state index < -0.39 is 11.8 Å². The summed E-state index contributed by atoms with van der Waals surface area (Å²) in [5.74, 6) is -1.11. The first kappa shape index (κ1) is 18.4. The monoisotopic (exact) mass is 333 g/mol. The van der Waals surface area contributed by atoms with Crippen LogP contribution in [0.3, 0.4) is 0 Å². The van der Waals surface area contributed by atoms with Crippen LogP contribution in [0.15, 0.2) is 30.3 Å². The first-order chi connectivity index (χ1) is 11.7. The van der Waals surface area contributed by atoms with Crippen LogP contribution in [0.5, 0.6) is 0 Å². The maximum Gasteiger partial charge on any atom is 0.309 e. The number of carbonyl (C=O) groups excluding carboxylic acids is 2. The van der Waals surface area contributed by atoms with Gasteiger partial charge in [-0.1, -0.05) is 30.3 Å². The van der Waals surface area contributed by atoms with Gasteiger partial charge in [0, 0.05) is 26.2 Å². The highest BCUT2D eigenvalue weighted by atomic mass is 16.5. The van der Waals surface area contributed by atoms with E-state index in [1.165, 1.54) is 5.56 Å². The zero-order valence-electron chi connectivity index (χ0n) is 14.3. The molecule has 2 N–H and O–H groups in total. The quantitative estimate of drug-likeness (QED) is 0.579. The van der Waals surface area contributed by atoms with E-state index >= 15 is 0 Å². The van der Waals surface area contributed by atoms with Crippen molar-refractivity contribution in [1.29, 1.82) is 0 Å². The molecule has 1 heterocycles. The van der Waals surface area contributed by atoms with Crippen LogP contribution in [-0.4, -0.2) is 56.0 Å². The number of unbranched alkanes of at least 4 members (excludes halogenated alkanes) is 1. The molecule has 6 heteroatoms. The van der Waals surface area contributed by atoms with Crippen molar-refractivity contribution >= 4 is 11.8 Å². The van der Waals surface area contributed by atoms with Gasteiger partial charge in [-0.2, -0.15) is 0 Å². The third-order valence-corrected chi connectivity index (χ3v) is 4.05. The number of nitrogens with one attached hydrogen (secondary N) is 2. The van der Waals surface area contributed by atoms with Gasteiger partial charge >= 0.3 is 11.8 Å². The predicted molar refractivity (Wildman–Crippen MR) is 92.5 cm³/mol. The summed E-state index contributed by atoms with van der Waals surface area (Å²) in [5, 5.41) is 5.13. The second kappa shape index (κ2) is 10.1. The van der Waals surface area contributed by atoms with Crippen molar-refractivity contribution in [2.24, 2.45) is 0 Å². The lowest BCUT2D eigenvalue weighted by Crippen LogP contribution is -2.40. The van der Waals surface area contributed by atoms with Crippen molar-refractivity contribution in [3.8, 4) is 0 Å². The van der Waals surface area contributed by atoms with Crippen molar-refractivity contribution in [3.63, 3.8) is 0 Å². The van der Waals surface area contributed by atoms with Gasteiger partial charge in [0.2, 0.25) is 0 Å². The zero-order valence-corrected chi connectivity index (χ0v) is 14.3. The Morgan fingerprint density at radius 1 is 1.17 bits per heavy atom. The molecular formula is C18H27N3O3. The number of hydrogen-bond donors (Lipinski definition) is 2. The fraction of sp³-hybridized carbons (Fsp3) is 0.556. The van der Waals surface area contributed by atoms with Crippen LogP contribution in [0.25, 0.3) is 0 Å². The van der Waals surface area contributed by atoms with Gasteiger partial charge in [0.05, 0.1) is 12.7 Å². The molecule has 1 aliphatic heterocycles. The normalized spacial score (nSPS) is 18.1. The number of rotatable bonds is 7. The van der Waals surface area contributed by atoms with E-state index in [4.69, 9.17) is 4.74 Å². The summed E-state index contributed by atoms with van der Waals surface area (Å²) in [7, 11) is 0. The van der Waals surface area contributed by atoms with Crippen molar-refractivity contribution in [3.05, 3.63) is 35.9 Å². The van der Waals surface area contributed by atoms with E-state index in [0.29, 0.717) is 13.1 Å². The van der Waals surface area contributed by atoms with E-state index in [1.54, 1.807) is 6.92 Å². The summed E-state index contributed by atoms with van der Waals surface area (Å²) in [4.78, 5) is 25.1. The Kier molecular flexibility index (Phi) is 7.71. The van der Waals surface area contributed by atoms with E-state index in [1.807, 2.05) is 18.2 Å². The highest BCUT2D eigenvalue weighted by Gasteiger charge is 2.21. The minimum absolute atomic E-state index is 0.136. The second-order valence-corrected chi connectivity index (χ2v) is 5.89. The number of amides is 2. The molecule has 6 nitrogen and oxygen atoms in total. The highest BCUT2D eigenvalue weighted by molar-refractivity contribution is 6.35. The van der Waals surface area contributed by atoms with Crippen molar-refractivity contribution in [2.45, 2.75) is 25.9 Å². The topological polar surface area (TPSA) is 70.7 Å². The molecule has 0 aromatic heterocycles. The Morgan fingerprint density at radius 3 is 2.67 bits per heavy atom. The lowest BCUT2D eigenvalue weighted by atomic mass is 10.1. The van der Waals surface area contributed by atoms with Crippen LogP contribution in [0.2, 0.25) is 0 Å². The smallest absolute Gasteiger partial charge is 0.309 e. The number of likely N-dealkylation sites (N-methyl/N-ethyl adjacent to an activating group) is 1. The maximum absolute atomic E-state index is 11.4. The molecule has 1 saturated heterocycles. The SMILES string of the molecule is CCNC(=O)C(=O)NCCCCN1CCOC(c2ccccc2)C1. The second-order valence-electron chi connectivity index (χ2n) is 5.89. The lowest BCUT2D eigenvalue weighted by Gasteiger charge is -2.33. The third kappa shape index (κ3) is 5.94. The van der Waals surface area contributed by atoms with E-state index in [-0.39, 0.29) is 6.10 Å². The van der Waals surface area contributed by atoms with Crippen LogP contribution in [0.1, 0.15) is 31.4 Å². The summed E-state index contributed by atoms with van der Waals surface area (Å²) in [6.07, 6.45) is 1.98. The van der Waals surface area contributed by atoms with Crippen LogP contribution >= 0.6 is 0 Å². The van der Waals surface area contributed by atoms with Crippen LogP contribution in [0, 0.1) is 0 Å². The molecule has 0 radical (unpaired) electrons. The summed E-state index contributed by atoms with van der Waals surface area (Å²) >= 11 is 0. The van der Waals surface area contributed by atoms with Gasteiger partial charge in [-0.25, -0.2) is 0 Å². The van der Waals surface area contributed by atoms with Gasteiger partial charge in [0.25, 0.3) is 0 Å². The molecule has 1 aromatic carbocycles. The van der Waals surface area contributed by atoms with E-state index in [0.717, 1.165) is 39.1 Å². The number of ether oxygens (including phenoxy) is 1. The van der Waals surface area contributed by atoms with Crippen molar-refractivity contribution in [2.75, 3.05) is 39.3 Å². The van der Waals surface area contributed by atoms with Gasteiger partial charge in [-0.05, 0) is 31.9 Å². The molecule has 1 aromatic rings. The average Bonchev–Trinajstić information content (AvgIpc) is 2.62. The van der Waals surface area contributed by atoms with Crippen LogP contribution < -0.4 is 10.6 Å². The van der Waals surface area contributed by atoms with Crippen molar-refractivity contribution < 1.29 is 14.3 Å². The number of carbonyl (C=O) groups is 2. The Balaban J connectivity index is 1.62. The number of hydrogen-bond acceptors (Lipinski definition) is 4. The van der Waals surface area contributed by atoms with E-state index in [9.17, 15) is 9.59 Å². The number of nitrogens with zero attached hydrogens (tertiary/aromatic N) is 1. The van der Waals surface area contributed by atoms with Crippen molar-refractivity contribution in [1.82, 2.24) is 15.5 Å². The molecule has 0 saturated carbocycles. The highest BCUT2D eigenvalue weighted by Crippen LogP contribution is 2.21. The minimum atomic E-state index is -0.559. The molecule has 0 spiro atoms. The largest absolute Gasteiger partial charge is 0.371 e. The van der Waals surface area contributed by atoms with Gasteiger partial charge in [0.1, 0.15) is 0 Å². The van der Waals surface area contributed by atoms with Gasteiger partial charge in [-0.15, -0.1) is 0 Å². The average molecular weight is 333 g/mol. The first-order valence-corrected chi connectivity index (χ1v) is 8.65. The molecule has 0 aliphatic carbocycles. The standard InChI is InChI=1S/C18H27N3O3/c1-2-19-17(22)18(23)20-10-6-7-11-21-12-13-24-16(14-21)15-8-4-3-5-9-15/h3-5,8-9,16H,2,6-7,10-14H2,1H3,(H,19,22)(H,20,23). The Morgan fingerprint density at radius 2 is 1.92 bits per heavy atom. The van der Waals surface area contributed by atoms with Crippen LogP contribution in [0.4, 0.5) is 0 Å². The Labute approximate surface area is 143 Å². The third-order valence-electron chi connectivity index (χ3n) is 4.05. The molecule has 1 unspecified atom stereocenters. The Hall–Kier alpha value is -1.92. The molecule has 1 aliphatic rings. The predicted octanol–water partition coefficient (Wildman–Crippen LogP) is 1.09. The molecular weight excluding hydrogens is 306 g/mol. The molecule has 1 fully saturated rings. The molecule has 2 rings (SSSR count). The zero-order chi connectivity index (χ0) is 17.2. The lowest BCUT2D eigenvalue weighted by molar-refractivity contribution is -0.139. The summed E-state index contributed by atoms with van der Waals surface area (Å²) < 4.78 is 5.86. The Bertz CT molecular complexity index is 522. The fourth-order valence-corrected chi connectivity index (χ4v) is 2.76. The number of morpholine rings is 1. The van der Waals surface area contributed by atoms with E-state index in [2.05, 4.69) is 27.7 Å². The number of benzene rings is 1. The first-order valence-electron chi connectivity index (χ1n) is 8.65. The van der Waals surface area contributed by atoms with Gasteiger partial charge < -0.3 is 15.4 Å².